The Morgan fingerprint density at radius 3 is 0.816 bits per heavy atom. The van der Waals surface area contributed by atoms with Crippen molar-refractivity contribution in [2.75, 3.05) is 0 Å². The van der Waals surface area contributed by atoms with Gasteiger partial charge in [0.05, 0.1) is 29.6 Å². The lowest BCUT2D eigenvalue weighted by Gasteiger charge is -2.35. The Labute approximate surface area is 638 Å². The number of halogens is 15. The Morgan fingerprint density at radius 2 is 0.689 bits per heavy atom. The Hall–Kier alpha value is -1.05. The molecule has 0 bridgehead atoms. The normalized spacial score (nSPS) is 24.5. The summed E-state index contributed by atoms with van der Waals surface area (Å²) in [5.41, 5.74) is 0.863. The SMILES string of the molecule is CC(C)C.CC1CC(C(F)(F)F)C[C@@H](C)C1.CC1CCC(C)C1C.CC1CCCC(C(F)(F)F)[C@@H]1C.CC1C[C@H](C)CC1C(F)(F)F.CCC(C)(C)C.CCC(C)C.CCC(C)C(F)(F)F.CCCC(C)(C)C.CCCC(C)C.CCCC(C)C(F)(F)F.CCCCC.[2H]C(C)(C)C.[2H]C([2H])(C)C(C)(C)C. The second-order valence-electron chi connectivity index (χ2n) is 36.5. The van der Waals surface area contributed by atoms with E-state index >= 15 is 0 Å². The van der Waals surface area contributed by atoms with Gasteiger partial charge in [-0.25, -0.2) is 0 Å². The van der Waals surface area contributed by atoms with Crippen molar-refractivity contribution in [1.82, 2.24) is 0 Å². The third-order valence-corrected chi connectivity index (χ3v) is 18.8. The quantitative estimate of drug-likeness (QED) is 0.202. The van der Waals surface area contributed by atoms with Crippen molar-refractivity contribution in [2.45, 2.75) is 449 Å². The first kappa shape index (κ1) is 115. The molecule has 0 nitrogen and oxygen atoms in total. The van der Waals surface area contributed by atoms with Gasteiger partial charge < -0.3 is 0 Å². The van der Waals surface area contributed by atoms with E-state index in [1.807, 2.05) is 69.2 Å². The summed E-state index contributed by atoms with van der Waals surface area (Å²) >= 11 is 0. The molecule has 4 aliphatic carbocycles. The Bertz CT molecular complexity index is 1810. The molecule has 0 aromatic carbocycles. The maximum absolute atomic E-state index is 12.4. The van der Waals surface area contributed by atoms with Crippen LogP contribution in [0, 0.1) is 123 Å². The number of alkyl halides is 15. The maximum atomic E-state index is 12.4. The van der Waals surface area contributed by atoms with Crippen LogP contribution in [0.25, 0.3) is 0 Å². The van der Waals surface area contributed by atoms with Gasteiger partial charge in [-0.15, -0.1) is 0 Å². The first-order chi connectivity index (χ1) is 47.0. The summed E-state index contributed by atoms with van der Waals surface area (Å²) in [7, 11) is 0. The second kappa shape index (κ2) is 65.6. The molecular weight excluding hydrogens is 1340 g/mol. The minimum absolute atomic E-state index is 0.170. The summed E-state index contributed by atoms with van der Waals surface area (Å²) < 4.78 is 201. The van der Waals surface area contributed by atoms with Gasteiger partial charge in [-0.3, -0.25) is 0 Å². The van der Waals surface area contributed by atoms with Crippen molar-refractivity contribution in [2.24, 2.45) is 123 Å². The molecule has 0 aromatic heterocycles. The highest BCUT2D eigenvalue weighted by Crippen LogP contribution is 2.46. The number of rotatable bonds is 9. The summed E-state index contributed by atoms with van der Waals surface area (Å²) in [6.07, 6.45) is -0.354. The molecule has 4 fully saturated rings. The van der Waals surface area contributed by atoms with Crippen LogP contribution in [0.3, 0.4) is 0 Å². The molecule has 0 saturated heterocycles. The van der Waals surface area contributed by atoms with Gasteiger partial charge in [0.15, 0.2) is 0 Å². The summed E-state index contributed by atoms with van der Waals surface area (Å²) in [5, 5.41) is 0. The van der Waals surface area contributed by atoms with Crippen LogP contribution >= 0.6 is 0 Å². The van der Waals surface area contributed by atoms with Crippen LogP contribution in [0.2, 0.25) is 0 Å². The molecule has 0 spiro atoms. The highest BCUT2D eigenvalue weighted by Gasteiger charge is 2.48. The van der Waals surface area contributed by atoms with E-state index in [-0.39, 0.29) is 59.7 Å². The lowest BCUT2D eigenvalue weighted by Crippen LogP contribution is -2.35. The van der Waals surface area contributed by atoms with E-state index in [0.717, 1.165) is 61.2 Å². The minimum Gasteiger partial charge on any atom is -0.171 e. The average molecular weight is 1530 g/mol. The molecule has 13 atom stereocenters. The van der Waals surface area contributed by atoms with E-state index in [0.29, 0.717) is 42.9 Å². The van der Waals surface area contributed by atoms with Gasteiger partial charge in [0.2, 0.25) is 0 Å². The van der Waals surface area contributed by atoms with Crippen LogP contribution in [0.4, 0.5) is 65.9 Å². The molecule has 0 aromatic rings. The van der Waals surface area contributed by atoms with Crippen LogP contribution in [0.5, 0.6) is 0 Å². The van der Waals surface area contributed by atoms with Crippen molar-refractivity contribution < 1.29 is 70.0 Å². The van der Waals surface area contributed by atoms with Gasteiger partial charge in [0, 0.05) is 4.11 Å². The van der Waals surface area contributed by atoms with Crippen molar-refractivity contribution in [1.29, 1.82) is 0 Å². The predicted octanol–water partition coefficient (Wildman–Crippen LogP) is 36.5. The molecule has 0 heterocycles. The smallest absolute Gasteiger partial charge is 0.171 e. The third kappa shape index (κ3) is 95.1. The molecule has 4 saturated carbocycles. The van der Waals surface area contributed by atoms with E-state index < -0.39 is 66.8 Å². The third-order valence-electron chi connectivity index (χ3n) is 18.8. The Balaban J connectivity index is -0.000000118. The summed E-state index contributed by atoms with van der Waals surface area (Å²) in [6.45, 7) is 79.0. The first-order valence-corrected chi connectivity index (χ1v) is 40.8. The highest BCUT2D eigenvalue weighted by atomic mass is 19.4. The van der Waals surface area contributed by atoms with Gasteiger partial charge in [-0.05, 0) is 151 Å². The molecule has 0 aliphatic heterocycles. The van der Waals surface area contributed by atoms with Gasteiger partial charge in [-0.1, -0.05) is 360 Å². The van der Waals surface area contributed by atoms with Crippen molar-refractivity contribution >= 4 is 0 Å². The van der Waals surface area contributed by atoms with Gasteiger partial charge >= 0.3 is 30.9 Å². The number of unbranched alkanes of at least 4 members (excludes halogenated alkanes) is 2. The van der Waals surface area contributed by atoms with Crippen LogP contribution in [-0.4, -0.2) is 30.9 Å². The van der Waals surface area contributed by atoms with E-state index in [1.54, 1.807) is 27.7 Å². The van der Waals surface area contributed by atoms with E-state index in [1.165, 1.54) is 91.4 Å². The molecule has 0 amide bonds. The van der Waals surface area contributed by atoms with Gasteiger partial charge in [-0.2, -0.15) is 65.9 Å². The van der Waals surface area contributed by atoms with E-state index in [4.69, 9.17) is 4.11 Å². The summed E-state index contributed by atoms with van der Waals surface area (Å²) in [6, 6.07) is 0. The fourth-order valence-electron chi connectivity index (χ4n) is 10.4. The zero-order valence-corrected chi connectivity index (χ0v) is 75.0. The molecule has 10 unspecified atom stereocenters. The Kier molecular flexibility index (Phi) is 73.4. The van der Waals surface area contributed by atoms with Crippen molar-refractivity contribution in [3.05, 3.63) is 0 Å². The van der Waals surface area contributed by atoms with Gasteiger partial charge in [0.25, 0.3) is 0 Å². The van der Waals surface area contributed by atoms with Crippen molar-refractivity contribution in [3.63, 3.8) is 0 Å². The van der Waals surface area contributed by atoms with Gasteiger partial charge in [0.1, 0.15) is 0 Å². The van der Waals surface area contributed by atoms with Crippen LogP contribution in [0.15, 0.2) is 0 Å². The predicted molar refractivity (Wildman–Crippen MR) is 428 cm³/mol. The number of hydrogen-bond donors (Lipinski definition) is 0. The molecule has 0 N–H and O–H groups in total. The Morgan fingerprint density at radius 1 is 0.359 bits per heavy atom. The largest absolute Gasteiger partial charge is 0.392 e. The topological polar surface area (TPSA) is 0 Å². The van der Waals surface area contributed by atoms with E-state index in [9.17, 15) is 65.9 Å². The van der Waals surface area contributed by atoms with Crippen LogP contribution in [0.1, 0.15) is 422 Å². The molecule has 4 aliphatic rings. The number of hydrogen-bond acceptors (Lipinski definition) is 0. The monoisotopic (exact) mass is 1530 g/mol. The fourth-order valence-corrected chi connectivity index (χ4v) is 10.4. The zero-order chi connectivity index (χ0) is 87.4. The fraction of sp³-hybridized carbons (Fsp3) is 1.00. The van der Waals surface area contributed by atoms with Crippen LogP contribution < -0.4 is 0 Å². The average Bonchev–Trinajstić information content (AvgIpc) is 1.43. The van der Waals surface area contributed by atoms with E-state index in [2.05, 4.69) is 152 Å². The lowest BCUT2D eigenvalue weighted by atomic mass is 9.73. The highest BCUT2D eigenvalue weighted by molar-refractivity contribution is 4.84. The molecule has 0 radical (unpaired) electrons. The standard InChI is InChI=1S/2C9H15F3.C8H13F3.C8H16.C7H16.C6H11F3.3C6H14.C5H9F3.2C5H12.2C4H10/c1-6-3-7(2)5-8(4-6)9(10,11)12;1-6-4-3-5-8(7(6)2)9(10,11)12;1-5-3-6(2)7(4-5)8(9,10)11;1-6-4-5-7(2)8(6)3;1-5-6-7(2,3)4;1-3-4-5(2)6(7,8)9;2*1-5-6(2,3)4;1-4-5-6(2)3;1-3-4(2)5(6,7)8;1-4-5(2)3;1-3-5-4-2;2*1-4(2)3/h2*6-8H,3-5H2,1-2H3;5-7H,3-4H2,1-2H3;6-8H,4-5H2,1-3H3;5-6H2,1-4H3;5H,3-4H2,1-2H3;2*5H2,1-4H3;6H,4-5H2,1-3H3;4H,3H2,1-2H3;5H,4H2,1-3H3;3-5H2,1-2H3;2*4H,1-3H3/t6-,7?,8?;6?,7-,8?;5-,6?,7?;;;;;;;;;;;/m010.........../s1/i;;;;;;5D2;;;;;;4D;. The first-order valence-electron chi connectivity index (χ1n) is 42.3. The maximum Gasteiger partial charge on any atom is 0.392 e. The zero-order valence-electron chi connectivity index (χ0n) is 78.0. The molecule has 103 heavy (non-hydrogen) atoms. The minimum atomic E-state index is -3.99. The molecule has 15 heteroatoms. The molecular formula is C88H181F15. The second-order valence-corrected chi connectivity index (χ2v) is 36.5. The van der Waals surface area contributed by atoms with Crippen LogP contribution in [-0.2, 0) is 0 Å². The summed E-state index contributed by atoms with van der Waals surface area (Å²) in [5.74, 6) is 0.474. The summed E-state index contributed by atoms with van der Waals surface area (Å²) in [4.78, 5) is 0. The van der Waals surface area contributed by atoms with Crippen molar-refractivity contribution in [3.8, 4) is 0 Å². The lowest BCUT2D eigenvalue weighted by molar-refractivity contribution is -0.199. The molecule has 638 valence electrons. The molecule has 4 rings (SSSR count).